The molecular formula is C20H23N3O. The number of amides is 1. The molecule has 124 valence electrons. The Morgan fingerprint density at radius 2 is 1.88 bits per heavy atom. The number of aromatic nitrogens is 2. The van der Waals surface area contributed by atoms with E-state index in [1.165, 1.54) is 16.3 Å². The minimum Gasteiger partial charge on any atom is -0.349 e. The average Bonchev–Trinajstić information content (AvgIpc) is 2.79. The molecule has 0 saturated heterocycles. The first-order chi connectivity index (χ1) is 11.5. The van der Waals surface area contributed by atoms with Crippen LogP contribution in [-0.4, -0.2) is 21.7 Å². The van der Waals surface area contributed by atoms with Gasteiger partial charge in [-0.15, -0.1) is 0 Å². The fraction of sp³-hybridized carbons (Fsp3) is 0.300. The van der Waals surface area contributed by atoms with E-state index in [2.05, 4.69) is 40.7 Å². The summed E-state index contributed by atoms with van der Waals surface area (Å²) in [4.78, 5) is 12.5. The molecule has 0 aliphatic heterocycles. The summed E-state index contributed by atoms with van der Waals surface area (Å²) in [6.45, 7) is 5.83. The van der Waals surface area contributed by atoms with E-state index in [1.54, 1.807) is 4.68 Å². The highest BCUT2D eigenvalue weighted by atomic mass is 16.1. The maximum atomic E-state index is 12.5. The molecule has 0 bridgehead atoms. The summed E-state index contributed by atoms with van der Waals surface area (Å²) >= 11 is 0. The summed E-state index contributed by atoms with van der Waals surface area (Å²) in [5, 5.41) is 9.87. The molecule has 0 saturated carbocycles. The third-order valence-corrected chi connectivity index (χ3v) is 4.47. The van der Waals surface area contributed by atoms with Crippen LogP contribution in [0.25, 0.3) is 10.8 Å². The molecule has 3 rings (SSSR count). The van der Waals surface area contributed by atoms with Crippen LogP contribution in [-0.2, 0) is 13.5 Å². The first kappa shape index (κ1) is 16.2. The average molecular weight is 321 g/mol. The molecule has 1 heterocycles. The molecule has 2 aromatic carbocycles. The van der Waals surface area contributed by atoms with Crippen LogP contribution < -0.4 is 5.32 Å². The van der Waals surface area contributed by atoms with Gasteiger partial charge in [0.2, 0.25) is 0 Å². The van der Waals surface area contributed by atoms with E-state index in [0.717, 1.165) is 17.8 Å². The number of carbonyl (C=O) groups is 1. The number of hydrogen-bond donors (Lipinski definition) is 1. The van der Waals surface area contributed by atoms with Gasteiger partial charge in [-0.25, -0.2) is 0 Å². The lowest BCUT2D eigenvalue weighted by molar-refractivity contribution is 0.0939. The summed E-state index contributed by atoms with van der Waals surface area (Å²) in [6.07, 6.45) is 0.801. The van der Waals surface area contributed by atoms with Crippen molar-refractivity contribution in [3.05, 3.63) is 65.0 Å². The number of aryl methyl sites for hydroxylation is 2. The Morgan fingerprint density at radius 1 is 1.17 bits per heavy atom. The second-order valence-corrected chi connectivity index (χ2v) is 6.43. The molecule has 1 aromatic heterocycles. The summed E-state index contributed by atoms with van der Waals surface area (Å²) < 4.78 is 1.75. The second kappa shape index (κ2) is 6.48. The van der Waals surface area contributed by atoms with Crippen molar-refractivity contribution in [2.24, 2.45) is 7.05 Å². The Balaban J connectivity index is 1.72. The van der Waals surface area contributed by atoms with Gasteiger partial charge in [0.15, 0.2) is 0 Å². The standard InChI is InChI=1S/C20H23N3O/c1-13(21-20(24)19-14(2)22-23(4)15(19)3)11-16-9-10-17-7-5-6-8-18(17)12-16/h5-10,12-13H,11H2,1-4H3,(H,21,24). The van der Waals surface area contributed by atoms with Gasteiger partial charge in [0.25, 0.3) is 5.91 Å². The van der Waals surface area contributed by atoms with Crippen molar-refractivity contribution >= 4 is 16.7 Å². The lowest BCUT2D eigenvalue weighted by atomic mass is 10.0. The smallest absolute Gasteiger partial charge is 0.255 e. The molecule has 0 spiro atoms. The summed E-state index contributed by atoms with van der Waals surface area (Å²) in [5.41, 5.74) is 3.57. The predicted molar refractivity (Wildman–Crippen MR) is 97.3 cm³/mol. The molecule has 24 heavy (non-hydrogen) atoms. The van der Waals surface area contributed by atoms with Gasteiger partial charge >= 0.3 is 0 Å². The second-order valence-electron chi connectivity index (χ2n) is 6.43. The number of fused-ring (bicyclic) bond motifs is 1. The van der Waals surface area contributed by atoms with Gasteiger partial charge in [0.05, 0.1) is 11.3 Å². The molecule has 0 fully saturated rings. The Hall–Kier alpha value is -2.62. The van der Waals surface area contributed by atoms with Gasteiger partial charge in [-0.2, -0.15) is 5.10 Å². The van der Waals surface area contributed by atoms with Crippen molar-refractivity contribution in [3.63, 3.8) is 0 Å². The van der Waals surface area contributed by atoms with E-state index in [-0.39, 0.29) is 11.9 Å². The lowest BCUT2D eigenvalue weighted by Crippen LogP contribution is -2.34. The zero-order chi connectivity index (χ0) is 17.3. The first-order valence-electron chi connectivity index (χ1n) is 8.24. The van der Waals surface area contributed by atoms with Crippen molar-refractivity contribution in [2.45, 2.75) is 33.2 Å². The first-order valence-corrected chi connectivity index (χ1v) is 8.24. The zero-order valence-electron chi connectivity index (χ0n) is 14.6. The monoisotopic (exact) mass is 321 g/mol. The molecule has 0 radical (unpaired) electrons. The van der Waals surface area contributed by atoms with Crippen LogP contribution in [0.15, 0.2) is 42.5 Å². The Labute approximate surface area is 142 Å². The summed E-state index contributed by atoms with van der Waals surface area (Å²) in [7, 11) is 1.86. The number of nitrogens with one attached hydrogen (secondary N) is 1. The van der Waals surface area contributed by atoms with Crippen LogP contribution in [0.5, 0.6) is 0 Å². The molecule has 3 aromatic rings. The van der Waals surface area contributed by atoms with Crippen LogP contribution in [0.3, 0.4) is 0 Å². The highest BCUT2D eigenvalue weighted by molar-refractivity contribution is 5.96. The number of hydrogen-bond acceptors (Lipinski definition) is 2. The van der Waals surface area contributed by atoms with E-state index in [1.807, 2.05) is 40.0 Å². The Bertz CT molecular complexity index is 895. The van der Waals surface area contributed by atoms with E-state index >= 15 is 0 Å². The third kappa shape index (κ3) is 3.18. The zero-order valence-corrected chi connectivity index (χ0v) is 14.6. The Kier molecular flexibility index (Phi) is 4.38. The van der Waals surface area contributed by atoms with Crippen molar-refractivity contribution in [3.8, 4) is 0 Å². The molecule has 1 unspecified atom stereocenters. The van der Waals surface area contributed by atoms with Crippen LogP contribution in [0.1, 0.15) is 34.2 Å². The molecule has 4 nitrogen and oxygen atoms in total. The van der Waals surface area contributed by atoms with Crippen molar-refractivity contribution in [2.75, 3.05) is 0 Å². The predicted octanol–water partition coefficient (Wildman–Crippen LogP) is 3.55. The van der Waals surface area contributed by atoms with E-state index < -0.39 is 0 Å². The maximum absolute atomic E-state index is 12.5. The van der Waals surface area contributed by atoms with Crippen molar-refractivity contribution < 1.29 is 4.79 Å². The fourth-order valence-corrected chi connectivity index (χ4v) is 3.17. The number of benzene rings is 2. The van der Waals surface area contributed by atoms with Gasteiger partial charge in [-0.1, -0.05) is 42.5 Å². The van der Waals surface area contributed by atoms with Crippen LogP contribution >= 0.6 is 0 Å². The minimum absolute atomic E-state index is 0.0496. The molecule has 1 N–H and O–H groups in total. The van der Waals surface area contributed by atoms with Gasteiger partial charge in [-0.05, 0) is 43.5 Å². The van der Waals surface area contributed by atoms with Gasteiger partial charge < -0.3 is 5.32 Å². The highest BCUT2D eigenvalue weighted by Crippen LogP contribution is 2.17. The van der Waals surface area contributed by atoms with Gasteiger partial charge in [0, 0.05) is 18.8 Å². The Morgan fingerprint density at radius 3 is 2.54 bits per heavy atom. The fourth-order valence-electron chi connectivity index (χ4n) is 3.17. The molecule has 0 aliphatic carbocycles. The van der Waals surface area contributed by atoms with Crippen LogP contribution in [0.4, 0.5) is 0 Å². The van der Waals surface area contributed by atoms with Gasteiger partial charge in [0.1, 0.15) is 0 Å². The van der Waals surface area contributed by atoms with E-state index in [0.29, 0.717) is 5.56 Å². The molecule has 1 amide bonds. The molecule has 4 heteroatoms. The van der Waals surface area contributed by atoms with Crippen molar-refractivity contribution in [1.29, 1.82) is 0 Å². The third-order valence-electron chi connectivity index (χ3n) is 4.47. The molecular weight excluding hydrogens is 298 g/mol. The van der Waals surface area contributed by atoms with E-state index in [4.69, 9.17) is 0 Å². The summed E-state index contributed by atoms with van der Waals surface area (Å²) in [5.74, 6) is -0.0496. The topological polar surface area (TPSA) is 46.9 Å². The number of carbonyl (C=O) groups excluding carboxylic acids is 1. The maximum Gasteiger partial charge on any atom is 0.255 e. The normalized spacial score (nSPS) is 12.3. The largest absolute Gasteiger partial charge is 0.349 e. The van der Waals surface area contributed by atoms with Crippen LogP contribution in [0, 0.1) is 13.8 Å². The SMILES string of the molecule is Cc1nn(C)c(C)c1C(=O)NC(C)Cc1ccc2ccccc2c1. The number of nitrogens with zero attached hydrogens (tertiary/aromatic N) is 2. The van der Waals surface area contributed by atoms with Crippen LogP contribution in [0.2, 0.25) is 0 Å². The van der Waals surface area contributed by atoms with E-state index in [9.17, 15) is 4.79 Å². The quantitative estimate of drug-likeness (QED) is 0.799. The lowest BCUT2D eigenvalue weighted by Gasteiger charge is -2.15. The molecule has 0 aliphatic rings. The highest BCUT2D eigenvalue weighted by Gasteiger charge is 2.18. The van der Waals surface area contributed by atoms with Gasteiger partial charge in [-0.3, -0.25) is 9.48 Å². The van der Waals surface area contributed by atoms with Crippen molar-refractivity contribution in [1.82, 2.24) is 15.1 Å². The minimum atomic E-state index is -0.0496. The number of rotatable bonds is 4. The molecule has 1 atom stereocenters. The summed E-state index contributed by atoms with van der Waals surface area (Å²) in [6, 6.07) is 14.8.